The number of rotatable bonds is 2. The summed E-state index contributed by atoms with van der Waals surface area (Å²) in [7, 11) is 1.67. The van der Waals surface area contributed by atoms with E-state index in [1.165, 1.54) is 11.3 Å². The molecular formula is C10H10N4OS3. The van der Waals surface area contributed by atoms with Gasteiger partial charge >= 0.3 is 0 Å². The molecule has 0 aliphatic carbocycles. The highest BCUT2D eigenvalue weighted by Crippen LogP contribution is 2.27. The Kier molecular flexibility index (Phi) is 4.24. The fourth-order valence-electron chi connectivity index (χ4n) is 1.13. The molecule has 2 heterocycles. The lowest BCUT2D eigenvalue weighted by molar-refractivity contribution is 0.0939. The zero-order chi connectivity index (χ0) is 13.0. The molecule has 94 valence electrons. The maximum atomic E-state index is 11.7. The van der Waals surface area contributed by atoms with Gasteiger partial charge in [-0.3, -0.25) is 15.6 Å². The van der Waals surface area contributed by atoms with Crippen molar-refractivity contribution >= 4 is 45.9 Å². The predicted octanol–water partition coefficient (Wildman–Crippen LogP) is 1.61. The van der Waals surface area contributed by atoms with Crippen LogP contribution in [0.1, 0.15) is 10.5 Å². The Morgan fingerprint density at radius 1 is 1.39 bits per heavy atom. The largest absolute Gasteiger partial charge is 0.364 e. The average Bonchev–Trinajstić information content (AvgIpc) is 3.04. The van der Waals surface area contributed by atoms with Gasteiger partial charge in [0.2, 0.25) is 0 Å². The van der Waals surface area contributed by atoms with Gasteiger partial charge < -0.3 is 5.32 Å². The van der Waals surface area contributed by atoms with Crippen LogP contribution in [-0.4, -0.2) is 23.1 Å². The molecule has 3 N–H and O–H groups in total. The SMILES string of the molecule is CNC(=S)NNC(=O)c1csc(-c2cccs2)n1. The molecule has 0 aliphatic rings. The molecule has 0 bridgehead atoms. The van der Waals surface area contributed by atoms with Crippen LogP contribution >= 0.6 is 34.9 Å². The Bertz CT molecular complexity index is 549. The summed E-state index contributed by atoms with van der Waals surface area (Å²) in [5.74, 6) is -0.313. The van der Waals surface area contributed by atoms with Crippen molar-refractivity contribution in [1.29, 1.82) is 0 Å². The molecule has 0 saturated heterocycles. The number of amides is 1. The number of nitrogens with one attached hydrogen (secondary N) is 3. The van der Waals surface area contributed by atoms with Crippen molar-refractivity contribution in [2.45, 2.75) is 0 Å². The van der Waals surface area contributed by atoms with Gasteiger partial charge in [0.15, 0.2) is 5.11 Å². The number of aromatic nitrogens is 1. The van der Waals surface area contributed by atoms with Crippen molar-refractivity contribution in [2.24, 2.45) is 0 Å². The number of hydrazine groups is 1. The number of thiophene rings is 1. The van der Waals surface area contributed by atoms with Crippen LogP contribution in [0, 0.1) is 0 Å². The number of hydrogen-bond acceptors (Lipinski definition) is 5. The molecule has 0 aromatic carbocycles. The first-order valence-corrected chi connectivity index (χ1v) is 7.15. The van der Waals surface area contributed by atoms with Gasteiger partial charge in [0.25, 0.3) is 5.91 Å². The Morgan fingerprint density at radius 2 is 2.22 bits per heavy atom. The van der Waals surface area contributed by atoms with E-state index < -0.39 is 0 Å². The van der Waals surface area contributed by atoms with Crippen molar-refractivity contribution in [3.8, 4) is 9.88 Å². The van der Waals surface area contributed by atoms with Crippen LogP contribution in [0.3, 0.4) is 0 Å². The summed E-state index contributed by atoms with van der Waals surface area (Å²) in [6.45, 7) is 0. The zero-order valence-corrected chi connectivity index (χ0v) is 11.8. The number of hydrogen-bond donors (Lipinski definition) is 3. The summed E-state index contributed by atoms with van der Waals surface area (Å²) in [4.78, 5) is 17.1. The molecule has 0 atom stereocenters. The van der Waals surface area contributed by atoms with Crippen LogP contribution in [0.5, 0.6) is 0 Å². The second-order valence-corrected chi connectivity index (χ2v) is 5.39. The number of carbonyl (C=O) groups is 1. The Balaban J connectivity index is 2.02. The van der Waals surface area contributed by atoms with E-state index in [0.29, 0.717) is 10.8 Å². The molecule has 5 nitrogen and oxygen atoms in total. The van der Waals surface area contributed by atoms with Gasteiger partial charge in [-0.2, -0.15) is 0 Å². The summed E-state index contributed by atoms with van der Waals surface area (Å²) in [5, 5.41) is 7.56. The molecule has 0 aliphatic heterocycles. The number of nitrogens with zero attached hydrogens (tertiary/aromatic N) is 1. The number of thiocarbonyl (C=S) groups is 1. The Hall–Kier alpha value is -1.51. The lowest BCUT2D eigenvalue weighted by atomic mass is 10.4. The molecule has 1 amide bonds. The van der Waals surface area contributed by atoms with E-state index in [2.05, 4.69) is 21.2 Å². The summed E-state index contributed by atoms with van der Waals surface area (Å²) >= 11 is 7.87. The third-order valence-corrected chi connectivity index (χ3v) is 4.17. The van der Waals surface area contributed by atoms with Gasteiger partial charge in [0.1, 0.15) is 10.7 Å². The highest BCUT2D eigenvalue weighted by molar-refractivity contribution is 7.80. The van der Waals surface area contributed by atoms with E-state index in [0.717, 1.165) is 9.88 Å². The minimum Gasteiger partial charge on any atom is -0.364 e. The second-order valence-electron chi connectivity index (χ2n) is 3.17. The topological polar surface area (TPSA) is 66.0 Å². The minimum absolute atomic E-state index is 0.313. The van der Waals surface area contributed by atoms with Crippen molar-refractivity contribution in [3.05, 3.63) is 28.6 Å². The Morgan fingerprint density at radius 3 is 2.89 bits per heavy atom. The first-order chi connectivity index (χ1) is 8.70. The fraction of sp³-hybridized carbons (Fsp3) is 0.100. The minimum atomic E-state index is -0.313. The van der Waals surface area contributed by atoms with Crippen molar-refractivity contribution in [3.63, 3.8) is 0 Å². The van der Waals surface area contributed by atoms with Gasteiger partial charge in [-0.15, -0.1) is 22.7 Å². The molecule has 2 aromatic rings. The lowest BCUT2D eigenvalue weighted by Crippen LogP contribution is -2.45. The fourth-order valence-corrected chi connectivity index (χ4v) is 2.80. The standard InChI is InChI=1S/C10H10N4OS3/c1-11-10(16)14-13-8(15)6-5-18-9(12-6)7-3-2-4-17-7/h2-5H,1H3,(H,13,15)(H2,11,14,16). The van der Waals surface area contributed by atoms with E-state index in [9.17, 15) is 4.79 Å². The molecule has 8 heteroatoms. The van der Waals surface area contributed by atoms with Crippen LogP contribution in [0.2, 0.25) is 0 Å². The van der Waals surface area contributed by atoms with Crippen molar-refractivity contribution < 1.29 is 4.79 Å². The lowest BCUT2D eigenvalue weighted by Gasteiger charge is -2.06. The molecular weight excluding hydrogens is 288 g/mol. The third kappa shape index (κ3) is 3.03. The Labute approximate surface area is 117 Å². The summed E-state index contributed by atoms with van der Waals surface area (Å²) in [6.07, 6.45) is 0. The van der Waals surface area contributed by atoms with Crippen LogP contribution in [0.15, 0.2) is 22.9 Å². The van der Waals surface area contributed by atoms with Crippen LogP contribution in [-0.2, 0) is 0 Å². The summed E-state index contributed by atoms with van der Waals surface area (Å²) in [5.41, 5.74) is 5.40. The summed E-state index contributed by atoms with van der Waals surface area (Å²) in [6, 6.07) is 3.92. The number of carbonyl (C=O) groups excluding carboxylic acids is 1. The maximum Gasteiger partial charge on any atom is 0.289 e. The first-order valence-electron chi connectivity index (χ1n) is 4.98. The molecule has 0 radical (unpaired) electrons. The zero-order valence-electron chi connectivity index (χ0n) is 9.39. The van der Waals surface area contributed by atoms with Crippen molar-refractivity contribution in [2.75, 3.05) is 7.05 Å². The third-order valence-electron chi connectivity index (χ3n) is 1.99. The smallest absolute Gasteiger partial charge is 0.289 e. The van der Waals surface area contributed by atoms with Gasteiger partial charge in [-0.05, 0) is 23.7 Å². The highest BCUT2D eigenvalue weighted by Gasteiger charge is 2.12. The quantitative estimate of drug-likeness (QED) is 0.581. The molecule has 0 fully saturated rings. The van der Waals surface area contributed by atoms with E-state index in [-0.39, 0.29) is 5.91 Å². The van der Waals surface area contributed by atoms with E-state index in [1.54, 1.807) is 23.8 Å². The molecule has 0 unspecified atom stereocenters. The van der Waals surface area contributed by atoms with Gasteiger partial charge in [0.05, 0.1) is 4.88 Å². The maximum absolute atomic E-state index is 11.7. The molecule has 18 heavy (non-hydrogen) atoms. The van der Waals surface area contributed by atoms with E-state index in [4.69, 9.17) is 12.2 Å². The van der Waals surface area contributed by atoms with Crippen LogP contribution < -0.4 is 16.2 Å². The van der Waals surface area contributed by atoms with Crippen LogP contribution in [0.4, 0.5) is 0 Å². The van der Waals surface area contributed by atoms with Gasteiger partial charge in [-0.25, -0.2) is 4.98 Å². The van der Waals surface area contributed by atoms with Crippen LogP contribution in [0.25, 0.3) is 9.88 Å². The molecule has 2 rings (SSSR count). The first kappa shape index (κ1) is 12.9. The average molecular weight is 298 g/mol. The molecule has 2 aromatic heterocycles. The van der Waals surface area contributed by atoms with E-state index >= 15 is 0 Å². The normalized spacial score (nSPS) is 9.83. The summed E-state index contributed by atoms with van der Waals surface area (Å²) < 4.78 is 0. The predicted molar refractivity (Wildman–Crippen MR) is 77.7 cm³/mol. The number of thiazole rings is 1. The molecule has 0 saturated carbocycles. The highest BCUT2D eigenvalue weighted by atomic mass is 32.1. The van der Waals surface area contributed by atoms with Gasteiger partial charge in [0, 0.05) is 12.4 Å². The van der Waals surface area contributed by atoms with E-state index in [1.807, 2.05) is 17.5 Å². The molecule has 0 spiro atoms. The monoisotopic (exact) mass is 298 g/mol. The van der Waals surface area contributed by atoms with Gasteiger partial charge in [-0.1, -0.05) is 6.07 Å². The second kappa shape index (κ2) is 5.89. The van der Waals surface area contributed by atoms with Crippen molar-refractivity contribution in [1.82, 2.24) is 21.2 Å².